The molecule has 6 nitrogen and oxygen atoms in total. The zero-order valence-corrected chi connectivity index (χ0v) is 16.2. The third kappa shape index (κ3) is 3.55. The van der Waals surface area contributed by atoms with Crippen molar-refractivity contribution in [2.75, 3.05) is 19.6 Å². The minimum atomic E-state index is -0.642. The number of benzene rings is 1. The Kier molecular flexibility index (Phi) is 4.84. The molecule has 0 aliphatic carbocycles. The van der Waals surface area contributed by atoms with Crippen LogP contribution in [-0.4, -0.2) is 59.1 Å². The van der Waals surface area contributed by atoms with Gasteiger partial charge < -0.3 is 15.0 Å². The van der Waals surface area contributed by atoms with E-state index in [9.17, 15) is 9.59 Å². The Hall–Kier alpha value is -2.08. The van der Waals surface area contributed by atoms with Crippen molar-refractivity contribution in [2.45, 2.75) is 63.8 Å². The largest absolute Gasteiger partial charge is 0.467 e. The topological polar surface area (TPSA) is 61.9 Å². The highest BCUT2D eigenvalue weighted by molar-refractivity contribution is 5.98. The lowest BCUT2D eigenvalue weighted by Crippen LogP contribution is -2.62. The zero-order chi connectivity index (χ0) is 19.0. The van der Waals surface area contributed by atoms with Crippen LogP contribution in [0, 0.1) is 0 Å². The summed E-state index contributed by atoms with van der Waals surface area (Å²) in [7, 11) is 0. The van der Waals surface area contributed by atoms with E-state index >= 15 is 0 Å². The number of nitrogens with zero attached hydrogens (tertiary/aromatic N) is 2. The zero-order valence-electron chi connectivity index (χ0n) is 16.2. The Morgan fingerprint density at radius 3 is 2.56 bits per heavy atom. The molecule has 2 fully saturated rings. The Labute approximate surface area is 160 Å². The van der Waals surface area contributed by atoms with Crippen molar-refractivity contribution in [1.82, 2.24) is 15.1 Å². The molecule has 0 unspecified atom stereocenters. The Morgan fingerprint density at radius 2 is 1.85 bits per heavy atom. The maximum Gasteiger partial charge on any atom is 0.258 e. The molecule has 3 aliphatic heterocycles. The highest BCUT2D eigenvalue weighted by Crippen LogP contribution is 2.33. The molecule has 0 bridgehead atoms. The average molecular weight is 371 g/mol. The molecule has 1 spiro atoms. The molecule has 0 radical (unpaired) electrons. The van der Waals surface area contributed by atoms with Gasteiger partial charge in [0.2, 0.25) is 5.91 Å². The Morgan fingerprint density at radius 1 is 1.19 bits per heavy atom. The van der Waals surface area contributed by atoms with Gasteiger partial charge in [0.1, 0.15) is 5.75 Å². The highest BCUT2D eigenvalue weighted by Gasteiger charge is 2.43. The number of carbonyl (C=O) groups excluding carboxylic acids is 2. The summed E-state index contributed by atoms with van der Waals surface area (Å²) in [5, 5.41) is 3.06. The Bertz CT molecular complexity index is 717. The molecular weight excluding hydrogens is 342 g/mol. The van der Waals surface area contributed by atoms with Crippen molar-refractivity contribution in [2.24, 2.45) is 0 Å². The minimum absolute atomic E-state index is 0.0719. The van der Waals surface area contributed by atoms with Gasteiger partial charge in [-0.15, -0.1) is 0 Å². The number of hydrogen-bond donors (Lipinski definition) is 1. The van der Waals surface area contributed by atoms with E-state index in [1.165, 1.54) is 6.42 Å². The standard InChI is InChI=1S/C21H29N3O3/c1-15-6-5-7-16(2)24(15)19(25)14-23-12-10-21(11-13-23)22-20(26)17-8-3-4-9-18(17)27-21/h3-4,8-9,15-16H,5-7,10-14H2,1-2H3,(H,22,26)/t15-,16-/m0/s1. The van der Waals surface area contributed by atoms with E-state index < -0.39 is 5.72 Å². The lowest BCUT2D eigenvalue weighted by molar-refractivity contribution is -0.139. The number of likely N-dealkylation sites (tertiary alicyclic amines) is 2. The van der Waals surface area contributed by atoms with Crippen molar-refractivity contribution < 1.29 is 14.3 Å². The number of carbonyl (C=O) groups is 2. The van der Waals surface area contributed by atoms with Gasteiger partial charge in [0, 0.05) is 38.0 Å². The fourth-order valence-corrected chi connectivity index (χ4v) is 4.74. The number of rotatable bonds is 2. The summed E-state index contributed by atoms with van der Waals surface area (Å²) in [6.07, 6.45) is 4.77. The molecular formula is C21H29N3O3. The molecule has 3 aliphatic rings. The van der Waals surface area contributed by atoms with Gasteiger partial charge in [-0.1, -0.05) is 12.1 Å². The lowest BCUT2D eigenvalue weighted by Gasteiger charge is -2.45. The first kappa shape index (κ1) is 18.3. The summed E-state index contributed by atoms with van der Waals surface area (Å²) in [6.45, 7) is 6.24. The van der Waals surface area contributed by atoms with Crippen LogP contribution >= 0.6 is 0 Å². The molecule has 2 saturated heterocycles. The second-order valence-electron chi connectivity index (χ2n) is 8.25. The van der Waals surface area contributed by atoms with Crippen LogP contribution in [0.5, 0.6) is 5.75 Å². The summed E-state index contributed by atoms with van der Waals surface area (Å²) >= 11 is 0. The first-order valence-electron chi connectivity index (χ1n) is 10.1. The third-order valence-corrected chi connectivity index (χ3v) is 6.28. The van der Waals surface area contributed by atoms with Gasteiger partial charge >= 0.3 is 0 Å². The minimum Gasteiger partial charge on any atom is -0.467 e. The van der Waals surface area contributed by atoms with Gasteiger partial charge in [0.15, 0.2) is 5.72 Å². The van der Waals surface area contributed by atoms with E-state index in [0.29, 0.717) is 42.8 Å². The van der Waals surface area contributed by atoms with Crippen molar-refractivity contribution >= 4 is 11.8 Å². The predicted octanol–water partition coefficient (Wildman–Crippen LogP) is 2.39. The summed E-state index contributed by atoms with van der Waals surface area (Å²) in [5.74, 6) is 0.809. The highest BCUT2D eigenvalue weighted by atomic mass is 16.5. The average Bonchev–Trinajstić information content (AvgIpc) is 2.64. The molecule has 6 heteroatoms. The van der Waals surface area contributed by atoms with Crippen molar-refractivity contribution in [1.29, 1.82) is 0 Å². The van der Waals surface area contributed by atoms with E-state index in [4.69, 9.17) is 4.74 Å². The first-order chi connectivity index (χ1) is 13.0. The number of ether oxygens (including phenoxy) is 1. The maximum atomic E-state index is 12.9. The van der Waals surface area contributed by atoms with E-state index in [2.05, 4.69) is 29.0 Å². The summed E-state index contributed by atoms with van der Waals surface area (Å²) in [5.41, 5.74) is -0.0507. The van der Waals surface area contributed by atoms with Crippen LogP contribution in [-0.2, 0) is 4.79 Å². The van der Waals surface area contributed by atoms with Crippen molar-refractivity contribution in [3.8, 4) is 5.75 Å². The van der Waals surface area contributed by atoms with Crippen LogP contribution < -0.4 is 10.1 Å². The van der Waals surface area contributed by atoms with Gasteiger partial charge in [-0.25, -0.2) is 0 Å². The molecule has 0 aromatic heterocycles. The molecule has 1 aromatic carbocycles. The number of para-hydroxylation sites is 1. The number of nitrogens with one attached hydrogen (secondary N) is 1. The SMILES string of the molecule is C[C@H]1CCC[C@H](C)N1C(=O)CN1CCC2(CC1)NC(=O)c1ccccc1O2. The molecule has 4 rings (SSSR count). The third-order valence-electron chi connectivity index (χ3n) is 6.28. The fourth-order valence-electron chi connectivity index (χ4n) is 4.74. The Balaban J connectivity index is 1.37. The predicted molar refractivity (Wildman–Crippen MR) is 103 cm³/mol. The second-order valence-corrected chi connectivity index (χ2v) is 8.25. The van der Waals surface area contributed by atoms with Crippen LogP contribution in [0.2, 0.25) is 0 Å². The van der Waals surface area contributed by atoms with Crippen LogP contribution in [0.25, 0.3) is 0 Å². The quantitative estimate of drug-likeness (QED) is 0.867. The van der Waals surface area contributed by atoms with Crippen LogP contribution in [0.1, 0.15) is 56.3 Å². The maximum absolute atomic E-state index is 12.9. The normalized spacial score (nSPS) is 27.6. The van der Waals surface area contributed by atoms with Crippen LogP contribution in [0.15, 0.2) is 24.3 Å². The number of fused-ring (bicyclic) bond motifs is 1. The molecule has 146 valence electrons. The molecule has 2 amide bonds. The van der Waals surface area contributed by atoms with E-state index in [-0.39, 0.29) is 11.8 Å². The first-order valence-corrected chi connectivity index (χ1v) is 10.1. The molecule has 1 aromatic rings. The van der Waals surface area contributed by atoms with E-state index in [1.807, 2.05) is 18.2 Å². The molecule has 1 N–H and O–H groups in total. The molecule has 0 saturated carbocycles. The van der Waals surface area contributed by atoms with Gasteiger partial charge in [-0.05, 0) is 45.2 Å². The summed E-state index contributed by atoms with van der Waals surface area (Å²) in [6, 6.07) is 8.03. The number of piperidine rings is 2. The summed E-state index contributed by atoms with van der Waals surface area (Å²) in [4.78, 5) is 29.5. The van der Waals surface area contributed by atoms with E-state index in [0.717, 1.165) is 25.9 Å². The van der Waals surface area contributed by atoms with Crippen LogP contribution in [0.4, 0.5) is 0 Å². The molecule has 3 heterocycles. The van der Waals surface area contributed by atoms with Gasteiger partial charge in [0.05, 0.1) is 12.1 Å². The van der Waals surface area contributed by atoms with Crippen LogP contribution in [0.3, 0.4) is 0 Å². The second kappa shape index (κ2) is 7.15. The number of amides is 2. The van der Waals surface area contributed by atoms with Crippen molar-refractivity contribution in [3.63, 3.8) is 0 Å². The van der Waals surface area contributed by atoms with Gasteiger partial charge in [-0.3, -0.25) is 14.5 Å². The summed E-state index contributed by atoms with van der Waals surface area (Å²) < 4.78 is 6.18. The fraction of sp³-hybridized carbons (Fsp3) is 0.619. The van der Waals surface area contributed by atoms with Gasteiger partial charge in [-0.2, -0.15) is 0 Å². The smallest absolute Gasteiger partial charge is 0.258 e. The molecule has 27 heavy (non-hydrogen) atoms. The van der Waals surface area contributed by atoms with E-state index in [1.54, 1.807) is 6.07 Å². The monoisotopic (exact) mass is 371 g/mol. The lowest BCUT2D eigenvalue weighted by atomic mass is 9.96. The molecule has 2 atom stereocenters. The van der Waals surface area contributed by atoms with Crippen molar-refractivity contribution in [3.05, 3.63) is 29.8 Å². The van der Waals surface area contributed by atoms with Gasteiger partial charge in [0.25, 0.3) is 5.91 Å². The number of hydrogen-bond acceptors (Lipinski definition) is 4.